The number of halogens is 2. The molecule has 0 aromatic heterocycles. The maximum absolute atomic E-state index is 12.4. The van der Waals surface area contributed by atoms with Gasteiger partial charge in [-0.15, -0.1) is 12.4 Å². The first kappa shape index (κ1) is 20.3. The number of hydrogen-bond donors (Lipinski definition) is 1. The van der Waals surface area contributed by atoms with Crippen molar-refractivity contribution in [2.24, 2.45) is 5.73 Å². The highest BCUT2D eigenvalue weighted by molar-refractivity contribution is 6.32. The van der Waals surface area contributed by atoms with E-state index in [9.17, 15) is 4.79 Å². The summed E-state index contributed by atoms with van der Waals surface area (Å²) >= 11 is 6.02. The molecule has 0 radical (unpaired) electrons. The van der Waals surface area contributed by atoms with Gasteiger partial charge in [0.1, 0.15) is 18.4 Å². The third-order valence-electron chi connectivity index (χ3n) is 3.60. The lowest BCUT2D eigenvalue weighted by Gasteiger charge is -2.22. The van der Waals surface area contributed by atoms with Gasteiger partial charge in [-0.25, -0.2) is 0 Å². The molecule has 130 valence electrons. The zero-order chi connectivity index (χ0) is 16.8. The monoisotopic (exact) mass is 368 g/mol. The van der Waals surface area contributed by atoms with E-state index in [1.807, 2.05) is 43.3 Å². The van der Waals surface area contributed by atoms with E-state index in [0.29, 0.717) is 23.9 Å². The lowest BCUT2D eigenvalue weighted by molar-refractivity contribution is -0.131. The molecule has 0 saturated heterocycles. The Labute approximate surface area is 154 Å². The number of amides is 1. The molecule has 0 aliphatic carbocycles. The Kier molecular flexibility index (Phi) is 8.05. The number of carbonyl (C=O) groups excluding carboxylic acids is 1. The highest BCUT2D eigenvalue weighted by Crippen LogP contribution is 2.23. The zero-order valence-electron chi connectivity index (χ0n) is 13.7. The summed E-state index contributed by atoms with van der Waals surface area (Å²) < 4.78 is 5.59. The fourth-order valence-electron chi connectivity index (χ4n) is 2.12. The summed E-state index contributed by atoms with van der Waals surface area (Å²) in [6, 6.07) is 14.2. The van der Waals surface area contributed by atoms with E-state index in [4.69, 9.17) is 22.1 Å². The minimum atomic E-state index is -0.666. The molecule has 1 amide bonds. The van der Waals surface area contributed by atoms with Crippen LogP contribution in [-0.4, -0.2) is 31.0 Å². The minimum Gasteiger partial charge on any atom is -0.490 e. The number of carbonyl (C=O) groups is 1. The van der Waals surface area contributed by atoms with E-state index >= 15 is 0 Å². The predicted octanol–water partition coefficient (Wildman–Crippen LogP) is 3.61. The second-order valence-corrected chi connectivity index (χ2v) is 5.83. The Bertz CT molecular complexity index is 662. The third-order valence-corrected chi connectivity index (χ3v) is 3.91. The Morgan fingerprint density at radius 2 is 1.83 bits per heavy atom. The normalized spacial score (nSPS) is 11.3. The van der Waals surface area contributed by atoms with Crippen LogP contribution in [0.3, 0.4) is 0 Å². The molecule has 0 aliphatic rings. The van der Waals surface area contributed by atoms with Crippen LogP contribution in [0.2, 0.25) is 5.02 Å². The second kappa shape index (κ2) is 9.52. The van der Waals surface area contributed by atoms with Crippen LogP contribution in [0.5, 0.6) is 5.75 Å². The van der Waals surface area contributed by atoms with Crippen LogP contribution in [0.15, 0.2) is 48.5 Å². The average molecular weight is 369 g/mol. The molecule has 0 bridgehead atoms. The van der Waals surface area contributed by atoms with Crippen LogP contribution < -0.4 is 10.5 Å². The summed E-state index contributed by atoms with van der Waals surface area (Å²) in [6.45, 7) is 2.78. The maximum atomic E-state index is 12.4. The summed E-state index contributed by atoms with van der Waals surface area (Å²) in [5.41, 5.74) is 7.98. The van der Waals surface area contributed by atoms with Crippen molar-refractivity contribution in [1.29, 1.82) is 0 Å². The predicted molar refractivity (Wildman–Crippen MR) is 99.9 cm³/mol. The molecule has 0 saturated carbocycles. The third kappa shape index (κ3) is 5.41. The van der Waals surface area contributed by atoms with Gasteiger partial charge in [-0.3, -0.25) is 4.79 Å². The van der Waals surface area contributed by atoms with Crippen LogP contribution in [0.25, 0.3) is 0 Å². The van der Waals surface area contributed by atoms with Crippen LogP contribution in [0.1, 0.15) is 17.2 Å². The smallest absolute Gasteiger partial charge is 0.243 e. The summed E-state index contributed by atoms with van der Waals surface area (Å²) in [7, 11) is 1.71. The molecule has 0 heterocycles. The number of para-hydroxylation sites is 1. The van der Waals surface area contributed by atoms with Gasteiger partial charge in [-0.1, -0.05) is 53.6 Å². The van der Waals surface area contributed by atoms with Crippen molar-refractivity contribution in [2.75, 3.05) is 20.2 Å². The zero-order valence-corrected chi connectivity index (χ0v) is 15.3. The van der Waals surface area contributed by atoms with Gasteiger partial charge in [0.15, 0.2) is 0 Å². The number of likely N-dealkylation sites (N-methyl/N-ethyl adjacent to an activating group) is 1. The quantitative estimate of drug-likeness (QED) is 0.846. The Balaban J connectivity index is 0.00000288. The van der Waals surface area contributed by atoms with Crippen molar-refractivity contribution in [1.82, 2.24) is 4.90 Å². The number of hydrogen-bond acceptors (Lipinski definition) is 3. The van der Waals surface area contributed by atoms with Crippen molar-refractivity contribution in [3.8, 4) is 5.75 Å². The molecule has 0 spiro atoms. The molecule has 0 aliphatic heterocycles. The fraction of sp³-hybridized carbons (Fsp3) is 0.278. The first-order chi connectivity index (χ1) is 11.0. The SMILES string of the molecule is Cc1ccc(C(N)C(=O)N(C)CCOc2ccccc2Cl)cc1.Cl. The molecule has 1 atom stereocenters. The van der Waals surface area contributed by atoms with Crippen LogP contribution in [-0.2, 0) is 4.79 Å². The number of nitrogens with two attached hydrogens (primary N) is 1. The number of nitrogens with zero attached hydrogens (tertiary/aromatic N) is 1. The van der Waals surface area contributed by atoms with Crippen molar-refractivity contribution >= 4 is 29.9 Å². The summed E-state index contributed by atoms with van der Waals surface area (Å²) in [6.07, 6.45) is 0. The van der Waals surface area contributed by atoms with E-state index in [1.165, 1.54) is 0 Å². The summed E-state index contributed by atoms with van der Waals surface area (Å²) in [4.78, 5) is 13.9. The Hall–Kier alpha value is -1.75. The van der Waals surface area contributed by atoms with E-state index in [-0.39, 0.29) is 18.3 Å². The van der Waals surface area contributed by atoms with Gasteiger partial charge in [0.05, 0.1) is 11.6 Å². The molecule has 6 heteroatoms. The first-order valence-electron chi connectivity index (χ1n) is 7.43. The molecular formula is C18H22Cl2N2O2. The van der Waals surface area contributed by atoms with Gasteiger partial charge in [0, 0.05) is 7.05 Å². The molecule has 0 fully saturated rings. The number of rotatable bonds is 6. The lowest BCUT2D eigenvalue weighted by Crippen LogP contribution is -2.38. The maximum Gasteiger partial charge on any atom is 0.243 e. The summed E-state index contributed by atoms with van der Waals surface area (Å²) in [5.74, 6) is 0.467. The van der Waals surface area contributed by atoms with Gasteiger partial charge < -0.3 is 15.4 Å². The van der Waals surface area contributed by atoms with E-state index < -0.39 is 6.04 Å². The molecule has 2 rings (SSSR count). The van der Waals surface area contributed by atoms with Gasteiger partial charge >= 0.3 is 0 Å². The molecule has 2 N–H and O–H groups in total. The van der Waals surface area contributed by atoms with Gasteiger partial charge in [-0.05, 0) is 24.6 Å². The molecule has 2 aromatic rings. The molecular weight excluding hydrogens is 347 g/mol. The Morgan fingerprint density at radius 3 is 2.46 bits per heavy atom. The van der Waals surface area contributed by atoms with Gasteiger partial charge in [0.2, 0.25) is 5.91 Å². The largest absolute Gasteiger partial charge is 0.490 e. The topological polar surface area (TPSA) is 55.6 Å². The van der Waals surface area contributed by atoms with Crippen molar-refractivity contribution in [3.05, 3.63) is 64.7 Å². The van der Waals surface area contributed by atoms with Crippen molar-refractivity contribution in [3.63, 3.8) is 0 Å². The number of ether oxygens (including phenoxy) is 1. The van der Waals surface area contributed by atoms with Crippen LogP contribution in [0.4, 0.5) is 0 Å². The molecule has 1 unspecified atom stereocenters. The van der Waals surface area contributed by atoms with Gasteiger partial charge in [0.25, 0.3) is 0 Å². The second-order valence-electron chi connectivity index (χ2n) is 5.43. The highest BCUT2D eigenvalue weighted by Gasteiger charge is 2.19. The highest BCUT2D eigenvalue weighted by atomic mass is 35.5. The number of benzene rings is 2. The average Bonchev–Trinajstić information content (AvgIpc) is 2.56. The van der Waals surface area contributed by atoms with Gasteiger partial charge in [-0.2, -0.15) is 0 Å². The lowest BCUT2D eigenvalue weighted by atomic mass is 10.1. The van der Waals surface area contributed by atoms with Crippen LogP contribution >= 0.6 is 24.0 Å². The van der Waals surface area contributed by atoms with Crippen molar-refractivity contribution < 1.29 is 9.53 Å². The molecule has 2 aromatic carbocycles. The van der Waals surface area contributed by atoms with Crippen LogP contribution in [0, 0.1) is 6.92 Å². The standard InChI is InChI=1S/C18H21ClN2O2.ClH/c1-13-7-9-14(10-8-13)17(20)18(22)21(2)11-12-23-16-6-4-3-5-15(16)19;/h3-10,17H,11-12,20H2,1-2H3;1H. The molecule has 4 nitrogen and oxygen atoms in total. The van der Waals surface area contributed by atoms with E-state index in [1.54, 1.807) is 24.1 Å². The minimum absolute atomic E-state index is 0. The van der Waals surface area contributed by atoms with E-state index in [2.05, 4.69) is 0 Å². The summed E-state index contributed by atoms with van der Waals surface area (Å²) in [5, 5.41) is 0.554. The Morgan fingerprint density at radius 1 is 1.21 bits per heavy atom. The number of aryl methyl sites for hydroxylation is 1. The molecule has 24 heavy (non-hydrogen) atoms. The first-order valence-corrected chi connectivity index (χ1v) is 7.81. The fourth-order valence-corrected chi connectivity index (χ4v) is 2.31. The van der Waals surface area contributed by atoms with Crippen molar-refractivity contribution in [2.45, 2.75) is 13.0 Å². The van der Waals surface area contributed by atoms with E-state index in [0.717, 1.165) is 11.1 Å².